The Hall–Kier alpha value is -5.17. The summed E-state index contributed by atoms with van der Waals surface area (Å²) < 4.78 is 52.0. The zero-order chi connectivity index (χ0) is 37.8. The first-order valence-corrected chi connectivity index (χ1v) is 17.9. The van der Waals surface area contributed by atoms with Crippen molar-refractivity contribution < 1.29 is 37.3 Å². The second-order valence-electron chi connectivity index (χ2n) is 14.7. The average Bonchev–Trinajstić information content (AvgIpc) is 3.80. The van der Waals surface area contributed by atoms with E-state index in [-0.39, 0.29) is 29.5 Å². The first-order valence-electron chi connectivity index (χ1n) is 17.9. The largest absolute Gasteiger partial charge is 0.493 e. The second-order valence-corrected chi connectivity index (χ2v) is 14.7. The van der Waals surface area contributed by atoms with Gasteiger partial charge in [0.15, 0.2) is 23.1 Å². The van der Waals surface area contributed by atoms with E-state index in [2.05, 4.69) is 20.5 Å². The highest BCUT2D eigenvalue weighted by Crippen LogP contribution is 2.53. The lowest BCUT2D eigenvalue weighted by Crippen LogP contribution is -2.50. The lowest BCUT2D eigenvalue weighted by molar-refractivity contribution is -0.121. The highest BCUT2D eigenvalue weighted by atomic mass is 19.1. The Labute approximate surface area is 308 Å². The maximum Gasteiger partial charge on any atom is 0.410 e. The number of piperazine rings is 1. The summed E-state index contributed by atoms with van der Waals surface area (Å²) in [5, 5.41) is 6.70. The molecule has 1 saturated carbocycles. The fourth-order valence-corrected chi connectivity index (χ4v) is 6.43. The molecule has 0 unspecified atom stereocenters. The molecule has 53 heavy (non-hydrogen) atoms. The molecule has 0 bridgehead atoms. The van der Waals surface area contributed by atoms with Gasteiger partial charge in [0.2, 0.25) is 5.91 Å². The minimum Gasteiger partial charge on any atom is -0.493 e. The van der Waals surface area contributed by atoms with Gasteiger partial charge in [-0.15, -0.1) is 0 Å². The van der Waals surface area contributed by atoms with Crippen LogP contribution in [0.15, 0.2) is 66.9 Å². The third-order valence-electron chi connectivity index (χ3n) is 9.65. The Kier molecular flexibility index (Phi) is 11.2. The van der Waals surface area contributed by atoms with Crippen LogP contribution in [0.3, 0.4) is 0 Å². The monoisotopic (exact) mass is 731 g/mol. The molecule has 2 aliphatic rings. The molecule has 13 heteroatoms. The van der Waals surface area contributed by atoms with Gasteiger partial charge in [-0.3, -0.25) is 14.7 Å². The van der Waals surface area contributed by atoms with E-state index in [9.17, 15) is 14.0 Å². The maximum atomic E-state index is 15.4. The molecular formula is C40H47F2N5O6. The van der Waals surface area contributed by atoms with Gasteiger partial charge in [-0.2, -0.15) is 0 Å². The van der Waals surface area contributed by atoms with Crippen molar-refractivity contribution in [2.75, 3.05) is 63.6 Å². The fraction of sp³-hybridized carbons (Fsp3) is 0.425. The molecule has 3 aromatic carbocycles. The van der Waals surface area contributed by atoms with Gasteiger partial charge in [0, 0.05) is 74.4 Å². The molecule has 0 spiro atoms. The number of benzene rings is 3. The molecule has 1 aromatic heterocycles. The lowest BCUT2D eigenvalue weighted by atomic mass is 10.0. The molecule has 2 atom stereocenters. The minimum absolute atomic E-state index is 0.0258. The fourth-order valence-electron chi connectivity index (χ4n) is 6.43. The minimum atomic E-state index is -0.655. The standard InChI is InChI=1S/C40H47F2N5O6/c1-26-24-40(26,37(48)45-28-9-7-27(41)8-10-28)25-44-29-11-12-34(31(42)21-29)52-33-13-14-43-32-23-36(35(50-5)22-30(32)33)51-20-6-15-46-16-18-47(19-17-46)38(49)53-39(2,3)4/h7-14,21-23,26,44H,6,15-20,24-25H2,1-5H3,(H,45,48)/t26-,40+/m1/s1. The Bertz CT molecular complexity index is 1930. The van der Waals surface area contributed by atoms with Crippen molar-refractivity contribution in [3.8, 4) is 23.0 Å². The number of pyridine rings is 1. The molecule has 0 radical (unpaired) electrons. The number of halogens is 2. The number of carbonyl (C=O) groups excluding carboxylic acids is 2. The predicted molar refractivity (Wildman–Crippen MR) is 199 cm³/mol. The Morgan fingerprint density at radius 1 is 0.925 bits per heavy atom. The number of carbonyl (C=O) groups is 2. The number of ether oxygens (including phenoxy) is 4. The van der Waals surface area contributed by atoms with Crippen LogP contribution in [0.4, 0.5) is 25.0 Å². The van der Waals surface area contributed by atoms with Gasteiger partial charge in [-0.05, 0) is 88.1 Å². The van der Waals surface area contributed by atoms with Crippen LogP contribution in [0, 0.1) is 23.0 Å². The van der Waals surface area contributed by atoms with Crippen molar-refractivity contribution in [3.05, 3.63) is 78.5 Å². The number of nitrogens with one attached hydrogen (secondary N) is 2. The van der Waals surface area contributed by atoms with Crippen molar-refractivity contribution in [1.29, 1.82) is 0 Å². The number of fused-ring (bicyclic) bond motifs is 1. The van der Waals surface area contributed by atoms with Crippen molar-refractivity contribution in [3.63, 3.8) is 0 Å². The normalized spacial score (nSPS) is 18.7. The number of amides is 2. The van der Waals surface area contributed by atoms with Gasteiger partial charge in [-0.25, -0.2) is 13.6 Å². The molecule has 1 aliphatic carbocycles. The van der Waals surface area contributed by atoms with E-state index in [0.717, 1.165) is 26.1 Å². The molecule has 11 nitrogen and oxygen atoms in total. The summed E-state index contributed by atoms with van der Waals surface area (Å²) in [6, 6.07) is 15.4. The van der Waals surface area contributed by atoms with Crippen LogP contribution in [0.1, 0.15) is 40.5 Å². The van der Waals surface area contributed by atoms with E-state index in [1.807, 2.05) is 27.7 Å². The highest BCUT2D eigenvalue weighted by molar-refractivity contribution is 5.98. The van der Waals surface area contributed by atoms with Crippen LogP contribution in [-0.2, 0) is 9.53 Å². The van der Waals surface area contributed by atoms with Crippen molar-refractivity contribution in [1.82, 2.24) is 14.8 Å². The predicted octanol–water partition coefficient (Wildman–Crippen LogP) is 7.71. The number of methoxy groups -OCH3 is 1. The molecule has 2 heterocycles. The quantitative estimate of drug-likeness (QED) is 0.134. The third kappa shape index (κ3) is 9.26. The van der Waals surface area contributed by atoms with Gasteiger partial charge in [0.25, 0.3) is 0 Å². The number of rotatable bonds is 13. The summed E-state index contributed by atoms with van der Waals surface area (Å²) in [6.07, 6.45) is 2.77. The first-order chi connectivity index (χ1) is 25.3. The van der Waals surface area contributed by atoms with E-state index in [4.69, 9.17) is 18.9 Å². The molecule has 2 N–H and O–H groups in total. The summed E-state index contributed by atoms with van der Waals surface area (Å²) in [4.78, 5) is 34.0. The van der Waals surface area contributed by atoms with Crippen molar-refractivity contribution >= 4 is 34.3 Å². The zero-order valence-electron chi connectivity index (χ0n) is 30.8. The Morgan fingerprint density at radius 2 is 1.64 bits per heavy atom. The van der Waals surface area contributed by atoms with Crippen molar-refractivity contribution in [2.45, 2.75) is 46.1 Å². The number of hydrogen-bond acceptors (Lipinski definition) is 9. The van der Waals surface area contributed by atoms with Gasteiger partial charge >= 0.3 is 6.09 Å². The smallest absolute Gasteiger partial charge is 0.410 e. The van der Waals surface area contributed by atoms with Gasteiger partial charge < -0.3 is 34.5 Å². The molecule has 2 fully saturated rings. The molecule has 1 aliphatic heterocycles. The Balaban J connectivity index is 1.03. The van der Waals surface area contributed by atoms with E-state index in [1.54, 1.807) is 42.5 Å². The SMILES string of the molecule is COc1cc2c(Oc3ccc(NC[C@@]4(C(=O)Nc5ccc(F)cc5)C[C@H]4C)cc3F)ccnc2cc1OCCCN1CCN(C(=O)OC(C)(C)C)CC1. The molecule has 1 saturated heterocycles. The molecular weight excluding hydrogens is 684 g/mol. The van der Waals surface area contributed by atoms with Gasteiger partial charge in [-0.1, -0.05) is 6.92 Å². The highest BCUT2D eigenvalue weighted by Gasteiger charge is 2.57. The molecule has 282 valence electrons. The maximum absolute atomic E-state index is 15.4. The van der Waals surface area contributed by atoms with Crippen molar-refractivity contribution in [2.24, 2.45) is 11.3 Å². The number of nitrogens with zero attached hydrogens (tertiary/aromatic N) is 3. The topological polar surface area (TPSA) is 114 Å². The second kappa shape index (κ2) is 15.8. The summed E-state index contributed by atoms with van der Waals surface area (Å²) in [6.45, 7) is 12.0. The van der Waals surface area contributed by atoms with Crippen LogP contribution < -0.4 is 24.8 Å². The number of hydrogen-bond donors (Lipinski definition) is 2. The molecule has 6 rings (SSSR count). The van der Waals surface area contributed by atoms with Gasteiger partial charge in [0.05, 0.1) is 24.6 Å². The van der Waals surface area contributed by atoms with Gasteiger partial charge in [0.1, 0.15) is 17.2 Å². The Morgan fingerprint density at radius 3 is 2.30 bits per heavy atom. The molecule has 4 aromatic rings. The van der Waals surface area contributed by atoms with Crippen LogP contribution in [0.2, 0.25) is 0 Å². The van der Waals surface area contributed by atoms with E-state index in [0.29, 0.717) is 72.2 Å². The summed E-state index contributed by atoms with van der Waals surface area (Å²) in [7, 11) is 1.55. The van der Waals surface area contributed by atoms with Crippen LogP contribution in [0.5, 0.6) is 23.0 Å². The van der Waals surface area contributed by atoms with E-state index in [1.165, 1.54) is 36.4 Å². The third-order valence-corrected chi connectivity index (χ3v) is 9.65. The van der Waals surface area contributed by atoms with Crippen LogP contribution >= 0.6 is 0 Å². The summed E-state index contributed by atoms with van der Waals surface area (Å²) >= 11 is 0. The number of aromatic nitrogens is 1. The average molecular weight is 732 g/mol. The summed E-state index contributed by atoms with van der Waals surface area (Å²) in [5.41, 5.74) is 0.456. The van der Waals surface area contributed by atoms with Crippen LogP contribution in [-0.4, -0.2) is 85.4 Å². The summed E-state index contributed by atoms with van der Waals surface area (Å²) in [5.74, 6) is 0.467. The lowest BCUT2D eigenvalue weighted by Gasteiger charge is -2.35. The molecule has 2 amide bonds. The zero-order valence-corrected chi connectivity index (χ0v) is 30.8. The van der Waals surface area contributed by atoms with Crippen LogP contribution in [0.25, 0.3) is 10.9 Å². The van der Waals surface area contributed by atoms with E-state index >= 15 is 4.39 Å². The van der Waals surface area contributed by atoms with E-state index < -0.39 is 16.8 Å². The number of anilines is 2. The first kappa shape index (κ1) is 37.6.